The monoisotopic (exact) mass is 243 g/mol. The summed E-state index contributed by atoms with van der Waals surface area (Å²) in [4.78, 5) is 0.350. The summed E-state index contributed by atoms with van der Waals surface area (Å²) in [5.41, 5.74) is 2.27. The van der Waals surface area contributed by atoms with Crippen molar-refractivity contribution < 1.29 is 8.76 Å². The molecule has 0 aliphatic carbocycles. The highest BCUT2D eigenvalue weighted by molar-refractivity contribution is 7.79. The van der Waals surface area contributed by atoms with Crippen molar-refractivity contribution in [2.24, 2.45) is 0 Å². The maximum atomic E-state index is 10.8. The third-order valence-corrected chi connectivity index (χ3v) is 3.09. The van der Waals surface area contributed by atoms with Gasteiger partial charge in [0, 0.05) is 0 Å². The van der Waals surface area contributed by atoms with Crippen molar-refractivity contribution in [3.63, 3.8) is 0 Å². The normalized spacial score (nSPS) is 11.8. The molecule has 0 aliphatic heterocycles. The molecule has 3 nitrogen and oxygen atoms in total. The number of hydrogen-bond acceptors (Lipinski definition) is 2. The second kappa shape index (κ2) is 4.91. The van der Waals surface area contributed by atoms with E-state index in [1.165, 1.54) is 0 Å². The van der Waals surface area contributed by atoms with Crippen LogP contribution in [-0.4, -0.2) is 8.76 Å². The Kier molecular flexibility index (Phi) is 3.33. The molecule has 0 aliphatic rings. The summed E-state index contributed by atoms with van der Waals surface area (Å²) in [6.45, 7) is 0. The van der Waals surface area contributed by atoms with Crippen LogP contribution in [0.1, 0.15) is 5.56 Å². The van der Waals surface area contributed by atoms with Gasteiger partial charge in [-0.15, -0.1) is 0 Å². The maximum Gasteiger partial charge on any atom is 0.186 e. The van der Waals surface area contributed by atoms with Gasteiger partial charge in [0.25, 0.3) is 0 Å². The Hall–Kier alpha value is -1.96. The van der Waals surface area contributed by atoms with Gasteiger partial charge in [-0.2, -0.15) is 5.26 Å². The summed E-state index contributed by atoms with van der Waals surface area (Å²) < 4.78 is 19.7. The van der Waals surface area contributed by atoms with Crippen LogP contribution in [0.25, 0.3) is 11.1 Å². The minimum Gasteiger partial charge on any atom is -0.302 e. The fourth-order valence-electron chi connectivity index (χ4n) is 1.58. The molecular formula is C13H9NO2S. The minimum absolute atomic E-state index is 0.350. The maximum absolute atomic E-state index is 10.8. The van der Waals surface area contributed by atoms with Crippen molar-refractivity contribution in [2.45, 2.75) is 4.90 Å². The van der Waals surface area contributed by atoms with Crippen LogP contribution in [0.2, 0.25) is 0 Å². The highest BCUT2D eigenvalue weighted by Gasteiger charge is 2.05. The average Bonchev–Trinajstić information content (AvgIpc) is 2.39. The lowest BCUT2D eigenvalue weighted by molar-refractivity contribution is 0.564. The summed E-state index contributed by atoms with van der Waals surface area (Å²) in [6.07, 6.45) is 0. The molecule has 0 saturated carbocycles. The first-order valence-electron chi connectivity index (χ1n) is 4.93. The average molecular weight is 243 g/mol. The van der Waals surface area contributed by atoms with E-state index in [0.717, 1.165) is 11.1 Å². The molecular weight excluding hydrogens is 234 g/mol. The lowest BCUT2D eigenvalue weighted by atomic mass is 10.0. The third-order valence-electron chi connectivity index (χ3n) is 2.41. The fraction of sp³-hybridized carbons (Fsp3) is 0. The Morgan fingerprint density at radius 3 is 2.29 bits per heavy atom. The summed E-state index contributed by atoms with van der Waals surface area (Å²) in [7, 11) is 0. The molecule has 1 unspecified atom stereocenters. The predicted octanol–water partition coefficient (Wildman–Crippen LogP) is 2.81. The van der Waals surface area contributed by atoms with E-state index in [4.69, 9.17) is 9.81 Å². The van der Waals surface area contributed by atoms with Gasteiger partial charge in [-0.3, -0.25) is 0 Å². The largest absolute Gasteiger partial charge is 0.302 e. The Morgan fingerprint density at radius 2 is 1.71 bits per heavy atom. The number of benzene rings is 2. The smallest absolute Gasteiger partial charge is 0.186 e. The molecule has 2 aromatic rings. The van der Waals surface area contributed by atoms with Gasteiger partial charge in [0.1, 0.15) is 0 Å². The molecule has 0 fully saturated rings. The van der Waals surface area contributed by atoms with Crippen LogP contribution in [0.5, 0.6) is 0 Å². The Bertz CT molecular complexity index is 600. The minimum atomic E-state index is -1.97. The van der Waals surface area contributed by atoms with Crippen LogP contribution in [0, 0.1) is 11.3 Å². The van der Waals surface area contributed by atoms with Crippen molar-refractivity contribution in [1.29, 1.82) is 5.26 Å². The molecule has 0 spiro atoms. The van der Waals surface area contributed by atoms with E-state index < -0.39 is 11.1 Å². The predicted molar refractivity (Wildman–Crippen MR) is 65.6 cm³/mol. The Balaban J connectivity index is 2.47. The molecule has 1 atom stereocenters. The van der Waals surface area contributed by atoms with E-state index in [0.29, 0.717) is 10.5 Å². The van der Waals surface area contributed by atoms with Crippen molar-refractivity contribution in [3.8, 4) is 17.2 Å². The van der Waals surface area contributed by atoms with Gasteiger partial charge < -0.3 is 4.55 Å². The zero-order valence-corrected chi connectivity index (χ0v) is 9.65. The summed E-state index contributed by atoms with van der Waals surface area (Å²) in [5, 5.41) is 8.98. The van der Waals surface area contributed by atoms with E-state index in [9.17, 15) is 4.21 Å². The van der Waals surface area contributed by atoms with E-state index >= 15 is 0 Å². The molecule has 2 rings (SSSR count). The topological polar surface area (TPSA) is 61.1 Å². The number of nitriles is 1. The Labute approximate surface area is 102 Å². The quantitative estimate of drug-likeness (QED) is 0.825. The van der Waals surface area contributed by atoms with Crippen LogP contribution < -0.4 is 0 Å². The first-order chi connectivity index (χ1) is 8.22. The third kappa shape index (κ3) is 2.41. The lowest BCUT2D eigenvalue weighted by Gasteiger charge is -2.04. The molecule has 0 amide bonds. The van der Waals surface area contributed by atoms with E-state index in [-0.39, 0.29) is 0 Å². The second-order valence-corrected chi connectivity index (χ2v) is 4.40. The van der Waals surface area contributed by atoms with Crippen molar-refractivity contribution >= 4 is 11.1 Å². The summed E-state index contributed by atoms with van der Waals surface area (Å²) in [5.74, 6) is 0. The number of rotatable bonds is 2. The molecule has 0 saturated heterocycles. The van der Waals surface area contributed by atoms with Gasteiger partial charge in [-0.1, -0.05) is 30.3 Å². The highest BCUT2D eigenvalue weighted by Crippen LogP contribution is 2.23. The molecule has 4 heteroatoms. The van der Waals surface area contributed by atoms with Gasteiger partial charge in [0.2, 0.25) is 0 Å². The van der Waals surface area contributed by atoms with E-state index in [2.05, 4.69) is 6.07 Å². The zero-order chi connectivity index (χ0) is 12.3. The van der Waals surface area contributed by atoms with Crippen LogP contribution in [0.15, 0.2) is 53.4 Å². The van der Waals surface area contributed by atoms with E-state index in [1.807, 2.05) is 12.1 Å². The molecule has 2 aromatic carbocycles. The van der Waals surface area contributed by atoms with Crippen molar-refractivity contribution in [3.05, 3.63) is 54.1 Å². The van der Waals surface area contributed by atoms with E-state index in [1.54, 1.807) is 36.4 Å². The SMILES string of the molecule is N#Cc1ccccc1-c1ccc(S(=O)O)cc1. The first-order valence-corrected chi connectivity index (χ1v) is 6.03. The fourth-order valence-corrected chi connectivity index (χ4v) is 1.95. The lowest BCUT2D eigenvalue weighted by Crippen LogP contribution is -1.88. The van der Waals surface area contributed by atoms with Crippen molar-refractivity contribution in [2.75, 3.05) is 0 Å². The van der Waals surface area contributed by atoms with Gasteiger partial charge >= 0.3 is 0 Å². The van der Waals surface area contributed by atoms with Crippen molar-refractivity contribution in [1.82, 2.24) is 0 Å². The van der Waals surface area contributed by atoms with Gasteiger partial charge in [0.15, 0.2) is 11.1 Å². The molecule has 0 heterocycles. The van der Waals surface area contributed by atoms with Gasteiger partial charge in [0.05, 0.1) is 16.5 Å². The standard InChI is InChI=1S/C13H9NO2S/c14-9-11-3-1-2-4-13(11)10-5-7-12(8-6-10)17(15)16/h1-8H,(H,15,16). The van der Waals surface area contributed by atoms with Gasteiger partial charge in [-0.25, -0.2) is 4.21 Å². The first kappa shape index (κ1) is 11.5. The molecule has 84 valence electrons. The van der Waals surface area contributed by atoms with Crippen LogP contribution >= 0.6 is 0 Å². The Morgan fingerprint density at radius 1 is 1.06 bits per heavy atom. The summed E-state index contributed by atoms with van der Waals surface area (Å²) >= 11 is -1.97. The number of nitrogens with zero attached hydrogens (tertiary/aromatic N) is 1. The van der Waals surface area contributed by atoms with Crippen LogP contribution in [0.4, 0.5) is 0 Å². The van der Waals surface area contributed by atoms with Gasteiger partial charge in [-0.05, 0) is 29.3 Å². The highest BCUT2D eigenvalue weighted by atomic mass is 32.2. The molecule has 17 heavy (non-hydrogen) atoms. The molecule has 0 radical (unpaired) electrons. The molecule has 0 bridgehead atoms. The number of hydrogen-bond donors (Lipinski definition) is 1. The molecule has 1 N–H and O–H groups in total. The zero-order valence-electron chi connectivity index (χ0n) is 8.83. The van der Waals surface area contributed by atoms with Crippen LogP contribution in [0.3, 0.4) is 0 Å². The summed E-state index contributed by atoms with van der Waals surface area (Å²) in [6, 6.07) is 16.0. The molecule has 0 aromatic heterocycles. The van der Waals surface area contributed by atoms with Crippen LogP contribution in [-0.2, 0) is 11.1 Å². The second-order valence-electron chi connectivity index (χ2n) is 3.43.